The summed E-state index contributed by atoms with van der Waals surface area (Å²) in [5, 5.41) is 6.22. The van der Waals surface area contributed by atoms with E-state index in [1.54, 1.807) is 6.20 Å². The molecule has 0 amide bonds. The Balaban J connectivity index is 1.24. The highest BCUT2D eigenvalue weighted by Gasteiger charge is 2.32. The average molecular weight is 497 g/mol. The molecular formula is C25H29ClN6O3. The van der Waals surface area contributed by atoms with Gasteiger partial charge in [-0.1, -0.05) is 11.6 Å². The smallest absolute Gasteiger partial charge is 0.159 e. The number of ether oxygens (including phenoxy) is 2. The van der Waals surface area contributed by atoms with Crippen LogP contribution in [0.15, 0.2) is 24.4 Å². The average Bonchev–Trinajstić information content (AvgIpc) is 3.24. The highest BCUT2D eigenvalue weighted by Crippen LogP contribution is 2.34. The number of Topliss-reactive ketones (excluding diaryl/α,β-unsaturated/α-hetero) is 1. The largest absolute Gasteiger partial charge is 0.369 e. The number of aryl methyl sites for hydroxylation is 1. The molecule has 1 unspecified atom stereocenters. The zero-order valence-electron chi connectivity index (χ0n) is 19.8. The zero-order chi connectivity index (χ0) is 23.9. The summed E-state index contributed by atoms with van der Waals surface area (Å²) in [5.41, 5.74) is 1.84. The van der Waals surface area contributed by atoms with Crippen LogP contribution in [-0.2, 0) is 14.3 Å². The molecule has 1 atom stereocenters. The van der Waals surface area contributed by atoms with E-state index in [0.717, 1.165) is 61.4 Å². The van der Waals surface area contributed by atoms with Gasteiger partial charge in [0.2, 0.25) is 0 Å². The van der Waals surface area contributed by atoms with Crippen molar-refractivity contribution < 1.29 is 14.3 Å². The number of carbonyl (C=O) groups excluding carboxylic acids is 1. The lowest BCUT2D eigenvalue weighted by Crippen LogP contribution is -2.54. The second-order valence-corrected chi connectivity index (χ2v) is 9.94. The molecule has 3 aliphatic rings. The lowest BCUT2D eigenvalue weighted by atomic mass is 10.1. The molecule has 5 heterocycles. The van der Waals surface area contributed by atoms with E-state index >= 15 is 0 Å². The lowest BCUT2D eigenvalue weighted by molar-refractivity contribution is -0.191. The van der Waals surface area contributed by atoms with Gasteiger partial charge in [0, 0.05) is 57.1 Å². The SMILES string of the molecule is Cc1nc(N2CC(OC3CCCCO3)C2)cc(-n2ncc3cc(Cl)c(N4CCC(=O)CC4)cc32)n1. The van der Waals surface area contributed by atoms with Crippen molar-refractivity contribution >= 4 is 39.8 Å². The number of aromatic nitrogens is 4. The first-order valence-electron chi connectivity index (χ1n) is 12.4. The van der Waals surface area contributed by atoms with E-state index in [2.05, 4.69) is 30.9 Å². The Hall–Kier alpha value is -2.75. The number of fused-ring (bicyclic) bond motifs is 1. The van der Waals surface area contributed by atoms with Crippen LogP contribution < -0.4 is 9.80 Å². The Labute approximate surface area is 209 Å². The fourth-order valence-corrected chi connectivity index (χ4v) is 5.30. The fraction of sp³-hybridized carbons (Fsp3) is 0.520. The summed E-state index contributed by atoms with van der Waals surface area (Å²) in [6, 6.07) is 5.96. The van der Waals surface area contributed by atoms with E-state index in [4.69, 9.17) is 21.1 Å². The van der Waals surface area contributed by atoms with Crippen molar-refractivity contribution in [2.75, 3.05) is 42.6 Å². The summed E-state index contributed by atoms with van der Waals surface area (Å²) in [6.07, 6.45) is 6.24. The summed E-state index contributed by atoms with van der Waals surface area (Å²) in [4.78, 5) is 25.4. The third-order valence-electron chi connectivity index (χ3n) is 6.98. The van der Waals surface area contributed by atoms with Crippen LogP contribution in [0.25, 0.3) is 16.7 Å². The highest BCUT2D eigenvalue weighted by molar-refractivity contribution is 6.34. The molecule has 10 heteroatoms. The van der Waals surface area contributed by atoms with E-state index in [9.17, 15) is 4.79 Å². The van der Waals surface area contributed by atoms with Crippen molar-refractivity contribution in [1.82, 2.24) is 19.7 Å². The molecule has 0 radical (unpaired) electrons. The van der Waals surface area contributed by atoms with Gasteiger partial charge in [-0.2, -0.15) is 5.10 Å². The number of ketones is 1. The van der Waals surface area contributed by atoms with Crippen LogP contribution >= 0.6 is 11.6 Å². The third kappa shape index (κ3) is 4.60. The van der Waals surface area contributed by atoms with Crippen LogP contribution in [0.4, 0.5) is 11.5 Å². The maximum Gasteiger partial charge on any atom is 0.159 e. The highest BCUT2D eigenvalue weighted by atomic mass is 35.5. The molecular weight excluding hydrogens is 468 g/mol. The van der Waals surface area contributed by atoms with E-state index in [1.807, 2.05) is 23.7 Å². The first-order chi connectivity index (χ1) is 17.0. The molecule has 9 nitrogen and oxygen atoms in total. The second-order valence-electron chi connectivity index (χ2n) is 9.54. The molecule has 0 saturated carbocycles. The molecule has 2 aromatic heterocycles. The molecule has 3 saturated heterocycles. The quantitative estimate of drug-likeness (QED) is 0.529. The molecule has 1 aromatic carbocycles. The van der Waals surface area contributed by atoms with Gasteiger partial charge in [-0.15, -0.1) is 0 Å². The van der Waals surface area contributed by atoms with Gasteiger partial charge in [-0.3, -0.25) is 4.79 Å². The van der Waals surface area contributed by atoms with Crippen LogP contribution in [0, 0.1) is 6.92 Å². The summed E-state index contributed by atoms with van der Waals surface area (Å²) in [6.45, 7) is 5.61. The summed E-state index contributed by atoms with van der Waals surface area (Å²) < 4.78 is 13.6. The Morgan fingerprint density at radius 2 is 1.86 bits per heavy atom. The first-order valence-corrected chi connectivity index (χ1v) is 12.7. The topological polar surface area (TPSA) is 85.6 Å². The number of nitrogens with zero attached hydrogens (tertiary/aromatic N) is 6. The van der Waals surface area contributed by atoms with Gasteiger partial charge in [-0.25, -0.2) is 14.6 Å². The minimum absolute atomic E-state index is 0.0759. The third-order valence-corrected chi connectivity index (χ3v) is 7.28. The van der Waals surface area contributed by atoms with Crippen molar-refractivity contribution in [1.29, 1.82) is 0 Å². The Kier molecular flexibility index (Phi) is 6.07. The molecule has 3 aliphatic heterocycles. The number of carbonyl (C=O) groups is 1. The van der Waals surface area contributed by atoms with E-state index in [-0.39, 0.29) is 12.4 Å². The van der Waals surface area contributed by atoms with Crippen LogP contribution in [0.2, 0.25) is 5.02 Å². The minimum atomic E-state index is -0.0759. The second kappa shape index (κ2) is 9.37. The number of hydrogen-bond acceptors (Lipinski definition) is 8. The molecule has 3 fully saturated rings. The van der Waals surface area contributed by atoms with Crippen molar-refractivity contribution in [3.8, 4) is 5.82 Å². The van der Waals surface area contributed by atoms with Gasteiger partial charge in [0.25, 0.3) is 0 Å². The van der Waals surface area contributed by atoms with Gasteiger partial charge < -0.3 is 19.3 Å². The predicted molar refractivity (Wildman–Crippen MR) is 134 cm³/mol. The lowest BCUT2D eigenvalue weighted by Gasteiger charge is -2.41. The Bertz CT molecular complexity index is 1240. The van der Waals surface area contributed by atoms with Crippen molar-refractivity contribution in [3.63, 3.8) is 0 Å². The molecule has 3 aromatic rings. The van der Waals surface area contributed by atoms with Crippen LogP contribution in [0.5, 0.6) is 0 Å². The van der Waals surface area contributed by atoms with E-state index in [1.165, 1.54) is 0 Å². The zero-order valence-corrected chi connectivity index (χ0v) is 20.6. The molecule has 0 aliphatic carbocycles. The molecule has 0 bridgehead atoms. The minimum Gasteiger partial charge on any atom is -0.369 e. The Morgan fingerprint density at radius 1 is 1.06 bits per heavy atom. The van der Waals surface area contributed by atoms with Crippen LogP contribution in [-0.4, -0.2) is 70.7 Å². The normalized spacial score (nSPS) is 21.5. The first kappa shape index (κ1) is 22.7. The van der Waals surface area contributed by atoms with Gasteiger partial charge in [0.15, 0.2) is 12.1 Å². The molecule has 35 heavy (non-hydrogen) atoms. The van der Waals surface area contributed by atoms with Crippen molar-refractivity contribution in [3.05, 3.63) is 35.2 Å². The molecule has 6 rings (SSSR count). The van der Waals surface area contributed by atoms with Gasteiger partial charge in [0.05, 0.1) is 28.5 Å². The molecule has 0 spiro atoms. The maximum absolute atomic E-state index is 11.7. The number of rotatable bonds is 5. The number of halogens is 1. The van der Waals surface area contributed by atoms with Crippen molar-refractivity contribution in [2.45, 2.75) is 51.4 Å². The maximum atomic E-state index is 11.7. The van der Waals surface area contributed by atoms with Gasteiger partial charge in [0.1, 0.15) is 17.4 Å². The predicted octanol–water partition coefficient (Wildman–Crippen LogP) is 3.68. The van der Waals surface area contributed by atoms with Gasteiger partial charge in [-0.05, 0) is 38.3 Å². The summed E-state index contributed by atoms with van der Waals surface area (Å²) in [7, 11) is 0. The van der Waals surface area contributed by atoms with E-state index in [0.29, 0.717) is 48.4 Å². The molecule has 184 valence electrons. The number of anilines is 2. The van der Waals surface area contributed by atoms with Crippen LogP contribution in [0.3, 0.4) is 0 Å². The monoisotopic (exact) mass is 496 g/mol. The number of benzene rings is 1. The standard InChI is InChI=1S/C25H29ClN6O3/c1-16-28-23(31-14-19(15-31)35-25-4-2-3-9-34-25)12-24(29-16)32-21-11-22(20(26)10-17(21)13-27-32)30-7-5-18(33)6-8-30/h10-13,19,25H,2-9,14-15H2,1H3. The van der Waals surface area contributed by atoms with Crippen LogP contribution in [0.1, 0.15) is 37.9 Å². The fourth-order valence-electron chi connectivity index (χ4n) is 5.01. The summed E-state index contributed by atoms with van der Waals surface area (Å²) in [5.74, 6) is 2.57. The summed E-state index contributed by atoms with van der Waals surface area (Å²) >= 11 is 6.61. The van der Waals surface area contributed by atoms with Crippen molar-refractivity contribution in [2.24, 2.45) is 0 Å². The number of hydrogen-bond donors (Lipinski definition) is 0. The van der Waals surface area contributed by atoms with Gasteiger partial charge >= 0.3 is 0 Å². The molecule has 0 N–H and O–H groups in total. The Morgan fingerprint density at radius 3 is 2.63 bits per heavy atom. The van der Waals surface area contributed by atoms with E-state index < -0.39 is 0 Å². The number of piperidine rings is 1.